The summed E-state index contributed by atoms with van der Waals surface area (Å²) < 4.78 is 2.34. The Bertz CT molecular complexity index is 1090. The minimum atomic E-state index is 0.345. The van der Waals surface area contributed by atoms with Gasteiger partial charge in [-0.05, 0) is 36.8 Å². The van der Waals surface area contributed by atoms with E-state index in [1.54, 1.807) is 0 Å². The van der Waals surface area contributed by atoms with E-state index in [0.29, 0.717) is 5.84 Å². The third-order valence-electron chi connectivity index (χ3n) is 4.67. The van der Waals surface area contributed by atoms with Crippen LogP contribution in [0.3, 0.4) is 0 Å². The van der Waals surface area contributed by atoms with Crippen molar-refractivity contribution in [3.05, 3.63) is 83.4 Å². The van der Waals surface area contributed by atoms with Gasteiger partial charge in [-0.1, -0.05) is 48.0 Å². The lowest BCUT2D eigenvalue weighted by Crippen LogP contribution is -2.15. The van der Waals surface area contributed by atoms with E-state index >= 15 is 0 Å². The molecule has 0 atom stereocenters. The lowest BCUT2D eigenvalue weighted by atomic mass is 10.1. The first-order valence-corrected chi connectivity index (χ1v) is 8.27. The highest BCUT2D eigenvalue weighted by Gasteiger charge is 2.12. The maximum atomic E-state index is 5.89. The Morgan fingerprint density at radius 1 is 0.920 bits per heavy atom. The van der Waals surface area contributed by atoms with E-state index < -0.39 is 0 Å². The molecular formula is C21H20N4. The van der Waals surface area contributed by atoms with Crippen LogP contribution in [-0.4, -0.2) is 10.4 Å². The van der Waals surface area contributed by atoms with Gasteiger partial charge < -0.3 is 16.1 Å². The molecule has 0 amide bonds. The van der Waals surface area contributed by atoms with Crippen LogP contribution in [0.25, 0.3) is 21.8 Å². The zero-order valence-electron chi connectivity index (χ0n) is 14.1. The SMILES string of the molecule is Cc1ccc(Cn2c3ccccc3c3cc(/C(N)=N/N)ccc32)cc1. The highest BCUT2D eigenvalue weighted by Crippen LogP contribution is 2.30. The Morgan fingerprint density at radius 3 is 2.40 bits per heavy atom. The van der Waals surface area contributed by atoms with Crippen LogP contribution in [0.1, 0.15) is 16.7 Å². The van der Waals surface area contributed by atoms with Gasteiger partial charge in [0.1, 0.15) is 5.84 Å². The maximum Gasteiger partial charge on any atom is 0.150 e. The number of benzene rings is 3. The van der Waals surface area contributed by atoms with E-state index in [4.69, 9.17) is 11.6 Å². The summed E-state index contributed by atoms with van der Waals surface area (Å²) in [7, 11) is 0. The van der Waals surface area contributed by atoms with Crippen LogP contribution in [0.4, 0.5) is 0 Å². The summed E-state index contributed by atoms with van der Waals surface area (Å²) in [5.74, 6) is 5.68. The van der Waals surface area contributed by atoms with E-state index in [2.05, 4.69) is 77.3 Å². The summed E-state index contributed by atoms with van der Waals surface area (Å²) in [6, 6.07) is 23.2. The van der Waals surface area contributed by atoms with Crippen LogP contribution >= 0.6 is 0 Å². The summed E-state index contributed by atoms with van der Waals surface area (Å²) in [4.78, 5) is 0. The van der Waals surface area contributed by atoms with Gasteiger partial charge in [0.2, 0.25) is 0 Å². The molecule has 0 saturated heterocycles. The van der Waals surface area contributed by atoms with E-state index in [0.717, 1.165) is 17.5 Å². The van der Waals surface area contributed by atoms with Crippen molar-refractivity contribution in [3.63, 3.8) is 0 Å². The predicted molar refractivity (Wildman–Crippen MR) is 105 cm³/mol. The molecule has 4 rings (SSSR count). The summed E-state index contributed by atoms with van der Waals surface area (Å²) in [6.07, 6.45) is 0. The Kier molecular flexibility index (Phi) is 3.65. The van der Waals surface area contributed by atoms with Crippen molar-refractivity contribution in [2.45, 2.75) is 13.5 Å². The van der Waals surface area contributed by atoms with Crippen molar-refractivity contribution < 1.29 is 0 Å². The fraction of sp³-hybridized carbons (Fsp3) is 0.0952. The van der Waals surface area contributed by atoms with Gasteiger partial charge in [-0.2, -0.15) is 5.10 Å². The number of hydrogen-bond acceptors (Lipinski definition) is 2. The molecule has 0 bridgehead atoms. The second-order valence-corrected chi connectivity index (χ2v) is 6.34. The molecule has 4 nitrogen and oxygen atoms in total. The minimum Gasteiger partial charge on any atom is -0.382 e. The van der Waals surface area contributed by atoms with Crippen molar-refractivity contribution in [2.24, 2.45) is 16.7 Å². The maximum absolute atomic E-state index is 5.89. The van der Waals surface area contributed by atoms with Gasteiger partial charge in [-0.15, -0.1) is 0 Å². The van der Waals surface area contributed by atoms with Crippen molar-refractivity contribution >= 4 is 27.6 Å². The van der Waals surface area contributed by atoms with Crippen LogP contribution in [0.5, 0.6) is 0 Å². The van der Waals surface area contributed by atoms with Gasteiger partial charge >= 0.3 is 0 Å². The predicted octanol–water partition coefficient (Wildman–Crippen LogP) is 3.73. The molecule has 1 aromatic heterocycles. The summed E-state index contributed by atoms with van der Waals surface area (Å²) in [5.41, 5.74) is 11.7. The van der Waals surface area contributed by atoms with E-state index in [1.165, 1.54) is 27.5 Å². The molecule has 0 fully saturated rings. The molecular weight excluding hydrogens is 308 g/mol. The fourth-order valence-electron chi connectivity index (χ4n) is 3.33. The van der Waals surface area contributed by atoms with Crippen molar-refractivity contribution in [3.8, 4) is 0 Å². The molecule has 3 aromatic carbocycles. The van der Waals surface area contributed by atoms with Crippen molar-refractivity contribution in [1.29, 1.82) is 0 Å². The normalized spacial score (nSPS) is 12.1. The molecule has 0 aliphatic carbocycles. The largest absolute Gasteiger partial charge is 0.382 e. The molecule has 0 aliphatic rings. The Balaban J connectivity index is 1.94. The number of para-hydroxylation sites is 1. The number of amidine groups is 1. The molecule has 4 N–H and O–H groups in total. The van der Waals surface area contributed by atoms with Crippen LogP contribution in [-0.2, 0) is 6.54 Å². The zero-order chi connectivity index (χ0) is 17.4. The van der Waals surface area contributed by atoms with Gasteiger partial charge in [-0.25, -0.2) is 0 Å². The second-order valence-electron chi connectivity index (χ2n) is 6.34. The average Bonchev–Trinajstić information content (AvgIpc) is 2.96. The molecule has 0 saturated carbocycles. The average molecular weight is 328 g/mol. The molecule has 124 valence electrons. The molecule has 1 heterocycles. The van der Waals surface area contributed by atoms with Crippen LogP contribution in [0.2, 0.25) is 0 Å². The van der Waals surface area contributed by atoms with Gasteiger partial charge in [0.25, 0.3) is 0 Å². The number of nitrogens with zero attached hydrogens (tertiary/aromatic N) is 2. The molecule has 0 unspecified atom stereocenters. The number of nitrogens with two attached hydrogens (primary N) is 2. The van der Waals surface area contributed by atoms with E-state index in [1.807, 2.05) is 6.07 Å². The third kappa shape index (κ3) is 2.62. The van der Waals surface area contributed by atoms with Crippen molar-refractivity contribution in [2.75, 3.05) is 0 Å². The van der Waals surface area contributed by atoms with Crippen molar-refractivity contribution in [1.82, 2.24) is 4.57 Å². The standard InChI is InChI=1S/C21H20N4/c1-14-6-8-15(9-7-14)13-25-19-5-3-2-4-17(19)18-12-16(21(22)24-23)10-11-20(18)25/h2-12H,13,23H2,1H3,(H2,22,24). The first-order valence-electron chi connectivity index (χ1n) is 8.27. The minimum absolute atomic E-state index is 0.345. The van der Waals surface area contributed by atoms with Crippen LogP contribution in [0, 0.1) is 6.92 Å². The number of fused-ring (bicyclic) bond motifs is 3. The van der Waals surface area contributed by atoms with Crippen LogP contribution < -0.4 is 11.6 Å². The number of hydrazone groups is 1. The van der Waals surface area contributed by atoms with Gasteiger partial charge in [0.15, 0.2) is 0 Å². The number of aromatic nitrogens is 1. The number of hydrogen-bond donors (Lipinski definition) is 2. The molecule has 25 heavy (non-hydrogen) atoms. The summed E-state index contributed by atoms with van der Waals surface area (Å²) >= 11 is 0. The van der Waals surface area contributed by atoms with Crippen LogP contribution in [0.15, 0.2) is 71.8 Å². The van der Waals surface area contributed by atoms with Gasteiger partial charge in [0, 0.05) is 33.9 Å². The van der Waals surface area contributed by atoms with Gasteiger partial charge in [-0.3, -0.25) is 0 Å². The summed E-state index contributed by atoms with van der Waals surface area (Å²) in [6.45, 7) is 2.93. The Labute approximate surface area is 146 Å². The Morgan fingerprint density at radius 2 is 1.64 bits per heavy atom. The highest BCUT2D eigenvalue weighted by atomic mass is 15.2. The fourth-order valence-corrected chi connectivity index (χ4v) is 3.33. The quantitative estimate of drug-likeness (QED) is 0.260. The lowest BCUT2D eigenvalue weighted by molar-refractivity contribution is 0.868. The number of rotatable bonds is 3. The van der Waals surface area contributed by atoms with Gasteiger partial charge in [0.05, 0.1) is 0 Å². The summed E-state index contributed by atoms with van der Waals surface area (Å²) in [5, 5.41) is 5.98. The molecule has 4 aromatic rings. The number of aryl methyl sites for hydroxylation is 1. The smallest absolute Gasteiger partial charge is 0.150 e. The molecule has 4 heteroatoms. The monoisotopic (exact) mass is 328 g/mol. The zero-order valence-corrected chi connectivity index (χ0v) is 14.1. The van der Waals surface area contributed by atoms with E-state index in [-0.39, 0.29) is 0 Å². The Hall–Kier alpha value is -3.27. The first kappa shape index (κ1) is 15.3. The third-order valence-corrected chi connectivity index (χ3v) is 4.67. The molecule has 0 aliphatic heterocycles. The molecule has 0 radical (unpaired) electrons. The first-order chi connectivity index (χ1) is 12.2. The molecule has 0 spiro atoms. The highest BCUT2D eigenvalue weighted by molar-refractivity contribution is 6.11. The second kappa shape index (κ2) is 5.98. The lowest BCUT2D eigenvalue weighted by Gasteiger charge is -2.08. The van der Waals surface area contributed by atoms with E-state index in [9.17, 15) is 0 Å². The topological polar surface area (TPSA) is 69.3 Å².